The minimum absolute atomic E-state index is 0.00177. The van der Waals surface area contributed by atoms with Crippen LogP contribution in [0.25, 0.3) is 0 Å². The summed E-state index contributed by atoms with van der Waals surface area (Å²) in [5.74, 6) is 0. The van der Waals surface area contributed by atoms with Gasteiger partial charge in [0.15, 0.2) is 0 Å². The molecule has 5 atom stereocenters. The van der Waals surface area contributed by atoms with Gasteiger partial charge in [0.2, 0.25) is 0 Å². The highest BCUT2D eigenvalue weighted by molar-refractivity contribution is 5.29. The lowest BCUT2D eigenvalue weighted by Gasteiger charge is -2.46. The zero-order valence-corrected chi connectivity index (χ0v) is 23.3. The van der Waals surface area contributed by atoms with Crippen molar-refractivity contribution in [3.8, 4) is 0 Å². The first-order valence-electron chi connectivity index (χ1n) is 13.9. The summed E-state index contributed by atoms with van der Waals surface area (Å²) in [7, 11) is 0. The van der Waals surface area contributed by atoms with E-state index >= 15 is 0 Å². The molecule has 0 radical (unpaired) electrons. The Balaban J connectivity index is 2.50. The quantitative estimate of drug-likeness (QED) is 0.174. The molecule has 2 rings (SSSR count). The molecule has 6 heteroatoms. The van der Waals surface area contributed by atoms with E-state index in [1.54, 1.807) is 13.0 Å². The molecule has 2 aromatic rings. The van der Waals surface area contributed by atoms with Crippen LogP contribution in [0.1, 0.15) is 75.1 Å². The third kappa shape index (κ3) is 8.73. The van der Waals surface area contributed by atoms with Crippen LogP contribution in [-0.2, 0) is 25.7 Å². The first-order chi connectivity index (χ1) is 18.0. The monoisotopic (exact) mass is 528 g/mol. The largest absolute Gasteiger partial charge is 0.394 e. The molecular formula is C32H48O6. The Morgan fingerprint density at radius 3 is 1.74 bits per heavy atom. The third-order valence-electron chi connectivity index (χ3n) is 7.27. The maximum atomic E-state index is 11.9. The summed E-state index contributed by atoms with van der Waals surface area (Å²) in [5, 5.41) is 66.5. The van der Waals surface area contributed by atoms with E-state index in [0.717, 1.165) is 55.2 Å². The van der Waals surface area contributed by atoms with Crippen molar-refractivity contribution in [1.82, 2.24) is 0 Å². The van der Waals surface area contributed by atoms with Crippen LogP contribution in [0.5, 0.6) is 0 Å². The number of benzene rings is 2. The van der Waals surface area contributed by atoms with E-state index in [1.165, 1.54) is 0 Å². The molecule has 6 N–H and O–H groups in total. The second-order valence-corrected chi connectivity index (χ2v) is 11.0. The molecule has 2 aromatic carbocycles. The molecule has 0 amide bonds. The maximum Gasteiger partial charge on any atom is 0.126 e. The molecular weight excluding hydrogens is 480 g/mol. The Kier molecular flexibility index (Phi) is 12.6. The topological polar surface area (TPSA) is 121 Å². The molecule has 38 heavy (non-hydrogen) atoms. The standard InChI is InChI=1S/C32H48O6/c1-5-7-11-24-13-9-15-26(17-24)20-31(37,19-23(3)4)30(36)32(38,29(35)28(34)22-33)21-27-16-10-14-25(18-27)12-8-6-2/h9-10,13-18,28-30,33-38H,3,5-8,11-12,19-22H2,1-2,4H3/t28-,29+,30+,31?,32+/m0/s1. The van der Waals surface area contributed by atoms with Gasteiger partial charge in [0.25, 0.3) is 0 Å². The summed E-state index contributed by atoms with van der Waals surface area (Å²) < 4.78 is 0. The minimum Gasteiger partial charge on any atom is -0.394 e. The highest BCUT2D eigenvalue weighted by atomic mass is 16.4. The van der Waals surface area contributed by atoms with E-state index in [2.05, 4.69) is 20.4 Å². The normalized spacial score (nSPS) is 17.3. The van der Waals surface area contributed by atoms with E-state index in [0.29, 0.717) is 11.1 Å². The Bertz CT molecular complexity index is 1010. The molecule has 0 fully saturated rings. The minimum atomic E-state index is -2.37. The van der Waals surface area contributed by atoms with Gasteiger partial charge in [-0.15, -0.1) is 6.58 Å². The molecule has 1 unspecified atom stereocenters. The van der Waals surface area contributed by atoms with Crippen LogP contribution >= 0.6 is 0 Å². The summed E-state index contributed by atoms with van der Waals surface area (Å²) in [6.07, 6.45) is 0.0780. The molecule has 212 valence electrons. The van der Waals surface area contributed by atoms with Crippen molar-refractivity contribution in [2.24, 2.45) is 0 Å². The fourth-order valence-corrected chi connectivity index (χ4v) is 5.27. The highest BCUT2D eigenvalue weighted by Gasteiger charge is 2.54. The number of rotatable bonds is 17. The van der Waals surface area contributed by atoms with Crippen molar-refractivity contribution in [2.75, 3.05) is 6.61 Å². The Labute approximate surface area is 228 Å². The van der Waals surface area contributed by atoms with Gasteiger partial charge in [-0.1, -0.05) is 80.8 Å². The van der Waals surface area contributed by atoms with Crippen LogP contribution in [0.4, 0.5) is 0 Å². The lowest BCUT2D eigenvalue weighted by atomic mass is 9.71. The molecule has 0 heterocycles. The lowest BCUT2D eigenvalue weighted by molar-refractivity contribution is -0.228. The maximum absolute atomic E-state index is 11.9. The molecule has 0 aliphatic heterocycles. The van der Waals surface area contributed by atoms with Crippen molar-refractivity contribution in [2.45, 2.75) is 108 Å². The molecule has 0 aliphatic carbocycles. The van der Waals surface area contributed by atoms with E-state index in [-0.39, 0.29) is 19.3 Å². The van der Waals surface area contributed by atoms with E-state index in [4.69, 9.17) is 0 Å². The van der Waals surface area contributed by atoms with Crippen molar-refractivity contribution in [3.63, 3.8) is 0 Å². The number of unbranched alkanes of at least 4 members (excludes halogenated alkanes) is 2. The number of aliphatic hydroxyl groups excluding tert-OH is 4. The van der Waals surface area contributed by atoms with Crippen molar-refractivity contribution < 1.29 is 30.6 Å². The highest BCUT2D eigenvalue weighted by Crippen LogP contribution is 2.36. The third-order valence-corrected chi connectivity index (χ3v) is 7.27. The first-order valence-corrected chi connectivity index (χ1v) is 13.9. The van der Waals surface area contributed by atoms with Crippen molar-refractivity contribution in [1.29, 1.82) is 0 Å². The van der Waals surface area contributed by atoms with Gasteiger partial charge in [-0.25, -0.2) is 0 Å². The Hall–Kier alpha value is -2.06. The average molecular weight is 529 g/mol. The summed E-state index contributed by atoms with van der Waals surface area (Å²) in [4.78, 5) is 0. The second-order valence-electron chi connectivity index (χ2n) is 11.0. The number of hydrogen-bond donors (Lipinski definition) is 6. The van der Waals surface area contributed by atoms with E-state index < -0.39 is 36.1 Å². The molecule has 0 aromatic heterocycles. The molecule has 0 bridgehead atoms. The van der Waals surface area contributed by atoms with Gasteiger partial charge in [-0.2, -0.15) is 0 Å². The number of aryl methyl sites for hydroxylation is 2. The van der Waals surface area contributed by atoms with Crippen LogP contribution in [0.3, 0.4) is 0 Å². The van der Waals surface area contributed by atoms with E-state index in [9.17, 15) is 30.6 Å². The zero-order chi connectivity index (χ0) is 28.3. The van der Waals surface area contributed by atoms with Gasteiger partial charge in [0.1, 0.15) is 29.5 Å². The number of hydrogen-bond acceptors (Lipinski definition) is 6. The molecule has 0 aliphatic rings. The van der Waals surface area contributed by atoms with Gasteiger partial charge < -0.3 is 30.6 Å². The van der Waals surface area contributed by atoms with Crippen molar-refractivity contribution >= 4 is 0 Å². The van der Waals surface area contributed by atoms with Crippen molar-refractivity contribution in [3.05, 3.63) is 82.9 Å². The smallest absolute Gasteiger partial charge is 0.126 e. The summed E-state index contributed by atoms with van der Waals surface area (Å²) in [6, 6.07) is 15.3. The fourth-order valence-electron chi connectivity index (χ4n) is 5.27. The van der Waals surface area contributed by atoms with E-state index in [1.807, 2.05) is 42.5 Å². The molecule has 0 saturated carbocycles. The number of aliphatic hydroxyl groups is 6. The second kappa shape index (κ2) is 14.9. The van der Waals surface area contributed by atoms with Gasteiger partial charge in [-0.3, -0.25) is 0 Å². The zero-order valence-electron chi connectivity index (χ0n) is 23.3. The van der Waals surface area contributed by atoms with Gasteiger partial charge in [0.05, 0.1) is 6.61 Å². The SMILES string of the molecule is C=C(C)CC(O)(Cc1cccc(CCCC)c1)[C@@H](O)[C@@](O)(Cc1cccc(CCCC)c1)[C@H](O)[C@@H](O)CO. The van der Waals surface area contributed by atoms with Crippen LogP contribution in [-0.4, -0.2) is 66.8 Å². The van der Waals surface area contributed by atoms with Gasteiger partial charge in [-0.05, 0) is 61.3 Å². The van der Waals surface area contributed by atoms with Crippen LogP contribution in [0.2, 0.25) is 0 Å². The summed E-state index contributed by atoms with van der Waals surface area (Å²) in [6.45, 7) is 9.06. The first kappa shape index (κ1) is 32.2. The predicted octanol–water partition coefficient (Wildman–Crippen LogP) is 3.66. The molecule has 6 nitrogen and oxygen atoms in total. The summed E-state index contributed by atoms with van der Waals surface area (Å²) in [5.41, 5.74) is -0.0815. The van der Waals surface area contributed by atoms with Crippen LogP contribution in [0.15, 0.2) is 60.7 Å². The lowest BCUT2D eigenvalue weighted by Crippen LogP contribution is -2.66. The predicted molar refractivity (Wildman–Crippen MR) is 152 cm³/mol. The van der Waals surface area contributed by atoms with Gasteiger partial charge in [0, 0.05) is 12.8 Å². The fraction of sp³-hybridized carbons (Fsp3) is 0.562. The van der Waals surface area contributed by atoms with Gasteiger partial charge >= 0.3 is 0 Å². The Morgan fingerprint density at radius 1 is 0.816 bits per heavy atom. The summed E-state index contributed by atoms with van der Waals surface area (Å²) >= 11 is 0. The Morgan fingerprint density at radius 2 is 1.29 bits per heavy atom. The average Bonchev–Trinajstić information content (AvgIpc) is 2.89. The molecule has 0 saturated heterocycles. The molecule has 0 spiro atoms. The van der Waals surface area contributed by atoms with Crippen LogP contribution in [0, 0.1) is 0 Å². The van der Waals surface area contributed by atoms with Crippen LogP contribution < -0.4 is 0 Å².